The summed E-state index contributed by atoms with van der Waals surface area (Å²) in [6, 6.07) is 9.05. The Morgan fingerprint density at radius 3 is 2.75 bits per heavy atom. The van der Waals surface area contributed by atoms with Crippen LogP contribution in [0.4, 0.5) is 17.1 Å². The van der Waals surface area contributed by atoms with Gasteiger partial charge in [0.15, 0.2) is 0 Å². The molecule has 0 radical (unpaired) electrons. The monoisotopic (exact) mass is 467 g/mol. The van der Waals surface area contributed by atoms with Crippen LogP contribution in [-0.4, -0.2) is 30.4 Å². The highest BCUT2D eigenvalue weighted by molar-refractivity contribution is 9.10. The van der Waals surface area contributed by atoms with E-state index >= 15 is 0 Å². The second-order valence-electron chi connectivity index (χ2n) is 6.13. The molecule has 8 nitrogen and oxygen atoms in total. The van der Waals surface area contributed by atoms with Crippen molar-refractivity contribution in [1.29, 1.82) is 0 Å². The Kier molecular flexibility index (Phi) is 5.85. The average Bonchev–Trinajstić information content (AvgIpc) is 3.05. The molecular formula is C18H15BrClN3O5. The van der Waals surface area contributed by atoms with Crippen molar-refractivity contribution in [3.05, 3.63) is 56.0 Å². The minimum atomic E-state index is -0.591. The van der Waals surface area contributed by atoms with Gasteiger partial charge in [-0.15, -0.1) is 0 Å². The third-order valence-electron chi connectivity index (χ3n) is 4.35. The molecule has 0 saturated carbocycles. The summed E-state index contributed by atoms with van der Waals surface area (Å²) >= 11 is 9.42. The maximum Gasteiger partial charge on any atom is 0.273 e. The Labute approximate surface area is 173 Å². The van der Waals surface area contributed by atoms with Crippen LogP contribution >= 0.6 is 27.5 Å². The van der Waals surface area contributed by atoms with Crippen LogP contribution in [0.15, 0.2) is 40.9 Å². The lowest BCUT2D eigenvalue weighted by molar-refractivity contribution is -0.384. The van der Waals surface area contributed by atoms with E-state index in [1.165, 1.54) is 30.2 Å². The normalized spacial score (nSPS) is 16.2. The largest absolute Gasteiger partial charge is 0.494 e. The zero-order valence-corrected chi connectivity index (χ0v) is 17.0. The van der Waals surface area contributed by atoms with Gasteiger partial charge >= 0.3 is 0 Å². The van der Waals surface area contributed by atoms with Gasteiger partial charge in [0.1, 0.15) is 5.75 Å². The van der Waals surface area contributed by atoms with Crippen LogP contribution in [0.5, 0.6) is 5.75 Å². The van der Waals surface area contributed by atoms with Crippen LogP contribution in [0.3, 0.4) is 0 Å². The number of nitrogens with zero attached hydrogens (tertiary/aromatic N) is 2. The molecule has 1 fully saturated rings. The number of halogens is 2. The Bertz CT molecular complexity index is 968. The molecule has 2 amide bonds. The molecule has 0 aliphatic carbocycles. The van der Waals surface area contributed by atoms with Gasteiger partial charge in [-0.05, 0) is 24.3 Å². The van der Waals surface area contributed by atoms with Crippen LogP contribution in [0.2, 0.25) is 5.02 Å². The van der Waals surface area contributed by atoms with Crippen molar-refractivity contribution >= 4 is 56.4 Å². The molecule has 1 aliphatic heterocycles. The molecule has 1 heterocycles. The number of nitrogens with one attached hydrogen (secondary N) is 1. The number of non-ortho nitro benzene ring substituents is 1. The number of nitro benzene ring substituents is 1. The summed E-state index contributed by atoms with van der Waals surface area (Å²) in [4.78, 5) is 36.8. The Balaban J connectivity index is 1.78. The highest BCUT2D eigenvalue weighted by Gasteiger charge is 2.36. The van der Waals surface area contributed by atoms with E-state index in [1.807, 2.05) is 0 Å². The molecule has 2 aromatic carbocycles. The standard InChI is InChI=1S/C18H15BrClN3O5/c1-28-16-8-12(23(26)27)3-5-15(16)22-9-10(6-17(22)24)18(25)21-14-4-2-11(19)7-13(14)20/h2-5,7-8,10H,6,9H2,1H3,(H,21,25)/t10-/m1/s1. The minimum Gasteiger partial charge on any atom is -0.494 e. The van der Waals surface area contributed by atoms with Crippen LogP contribution in [-0.2, 0) is 9.59 Å². The van der Waals surface area contributed by atoms with Crippen molar-refractivity contribution in [3.63, 3.8) is 0 Å². The Morgan fingerprint density at radius 1 is 1.36 bits per heavy atom. The van der Waals surface area contributed by atoms with Crippen LogP contribution < -0.4 is 15.0 Å². The number of amides is 2. The highest BCUT2D eigenvalue weighted by atomic mass is 79.9. The fourth-order valence-corrected chi connectivity index (χ4v) is 3.67. The van der Waals surface area contributed by atoms with E-state index in [-0.39, 0.29) is 36.2 Å². The number of rotatable bonds is 5. The van der Waals surface area contributed by atoms with Gasteiger partial charge in [0.2, 0.25) is 11.8 Å². The zero-order chi connectivity index (χ0) is 20.4. The van der Waals surface area contributed by atoms with Gasteiger partial charge in [-0.25, -0.2) is 0 Å². The Morgan fingerprint density at radius 2 is 2.11 bits per heavy atom. The van der Waals surface area contributed by atoms with Crippen molar-refractivity contribution in [2.45, 2.75) is 6.42 Å². The average molecular weight is 469 g/mol. The maximum atomic E-state index is 12.6. The van der Waals surface area contributed by atoms with Crippen LogP contribution in [0.1, 0.15) is 6.42 Å². The number of ether oxygens (including phenoxy) is 1. The number of anilines is 2. The summed E-state index contributed by atoms with van der Waals surface area (Å²) in [5.74, 6) is -0.998. The zero-order valence-electron chi connectivity index (χ0n) is 14.6. The summed E-state index contributed by atoms with van der Waals surface area (Å²) in [5, 5.41) is 14.0. The minimum absolute atomic E-state index is 0.0140. The van der Waals surface area contributed by atoms with E-state index in [0.29, 0.717) is 16.4 Å². The molecule has 2 aromatic rings. The second kappa shape index (κ2) is 8.15. The van der Waals surface area contributed by atoms with Crippen molar-refractivity contribution < 1.29 is 19.2 Å². The first-order chi connectivity index (χ1) is 13.3. The third kappa shape index (κ3) is 4.10. The van der Waals surface area contributed by atoms with Crippen molar-refractivity contribution in [2.75, 3.05) is 23.9 Å². The number of carbonyl (C=O) groups excluding carboxylic acids is 2. The maximum absolute atomic E-state index is 12.6. The van der Waals surface area contributed by atoms with E-state index in [0.717, 1.165) is 4.47 Å². The lowest BCUT2D eigenvalue weighted by atomic mass is 10.1. The van der Waals surface area contributed by atoms with E-state index in [9.17, 15) is 19.7 Å². The first-order valence-corrected chi connectivity index (χ1v) is 9.36. The summed E-state index contributed by atoms with van der Waals surface area (Å²) in [6.07, 6.45) is 0.0140. The first-order valence-electron chi connectivity index (χ1n) is 8.19. The topological polar surface area (TPSA) is 102 Å². The SMILES string of the molecule is COc1cc([N+](=O)[O-])ccc1N1C[C@H](C(=O)Nc2ccc(Br)cc2Cl)CC1=O. The van der Waals surface area contributed by atoms with Crippen molar-refractivity contribution in [1.82, 2.24) is 0 Å². The molecular weight excluding hydrogens is 454 g/mol. The van der Waals surface area contributed by atoms with E-state index < -0.39 is 10.8 Å². The Hall–Kier alpha value is -2.65. The molecule has 0 unspecified atom stereocenters. The predicted octanol–water partition coefficient (Wildman–Crippen LogP) is 4.01. The molecule has 0 aromatic heterocycles. The number of nitro groups is 1. The quantitative estimate of drug-likeness (QED) is 0.528. The molecule has 146 valence electrons. The number of hydrogen-bond acceptors (Lipinski definition) is 5. The van der Waals surface area contributed by atoms with Gasteiger partial charge in [0.25, 0.3) is 5.69 Å². The van der Waals surface area contributed by atoms with Gasteiger partial charge in [-0.3, -0.25) is 19.7 Å². The number of benzene rings is 2. The van der Waals surface area contributed by atoms with Crippen LogP contribution in [0.25, 0.3) is 0 Å². The molecule has 1 N–H and O–H groups in total. The number of hydrogen-bond donors (Lipinski definition) is 1. The van der Waals surface area contributed by atoms with E-state index in [1.54, 1.807) is 18.2 Å². The van der Waals surface area contributed by atoms with E-state index in [4.69, 9.17) is 16.3 Å². The van der Waals surface area contributed by atoms with E-state index in [2.05, 4.69) is 21.2 Å². The molecule has 3 rings (SSSR count). The van der Waals surface area contributed by atoms with Gasteiger partial charge in [-0.2, -0.15) is 0 Å². The van der Waals surface area contributed by atoms with Crippen molar-refractivity contribution in [3.8, 4) is 5.75 Å². The van der Waals surface area contributed by atoms with Crippen LogP contribution in [0, 0.1) is 16.0 Å². The lowest BCUT2D eigenvalue weighted by Crippen LogP contribution is -2.28. The summed E-state index contributed by atoms with van der Waals surface area (Å²) < 4.78 is 5.97. The summed E-state index contributed by atoms with van der Waals surface area (Å²) in [5.41, 5.74) is 0.690. The van der Waals surface area contributed by atoms with Gasteiger partial charge in [0.05, 0.1) is 40.4 Å². The fourth-order valence-electron chi connectivity index (χ4n) is 2.94. The number of carbonyl (C=O) groups is 2. The lowest BCUT2D eigenvalue weighted by Gasteiger charge is -2.19. The first kappa shape index (κ1) is 20.1. The molecule has 28 heavy (non-hydrogen) atoms. The van der Waals surface area contributed by atoms with Gasteiger partial charge in [-0.1, -0.05) is 27.5 Å². The number of methoxy groups -OCH3 is 1. The smallest absolute Gasteiger partial charge is 0.273 e. The predicted molar refractivity (Wildman–Crippen MR) is 108 cm³/mol. The third-order valence-corrected chi connectivity index (χ3v) is 5.16. The molecule has 1 atom stereocenters. The fraction of sp³-hybridized carbons (Fsp3) is 0.222. The van der Waals surface area contributed by atoms with Gasteiger partial charge in [0, 0.05) is 23.5 Å². The molecule has 0 bridgehead atoms. The highest BCUT2D eigenvalue weighted by Crippen LogP contribution is 2.36. The van der Waals surface area contributed by atoms with Gasteiger partial charge < -0.3 is 15.0 Å². The second-order valence-corrected chi connectivity index (χ2v) is 7.45. The molecule has 0 spiro atoms. The molecule has 1 aliphatic rings. The summed E-state index contributed by atoms with van der Waals surface area (Å²) in [6.45, 7) is 0.132. The molecule has 1 saturated heterocycles. The van der Waals surface area contributed by atoms with Crippen molar-refractivity contribution in [2.24, 2.45) is 5.92 Å². The summed E-state index contributed by atoms with van der Waals surface area (Å²) in [7, 11) is 1.36. The molecule has 10 heteroatoms.